The minimum atomic E-state index is -0.309. The van der Waals surface area contributed by atoms with Crippen LogP contribution in [0.3, 0.4) is 0 Å². The number of methoxy groups -OCH3 is 1. The SMILES string of the molecule is CCCOc1ccc(C2=C(N3CCN(C)CC3)C(=O)N(c3ccc(OC)cc3)C2=O)cc1. The number of piperazine rings is 1. The van der Waals surface area contributed by atoms with Crippen molar-refractivity contribution < 1.29 is 19.1 Å². The molecule has 2 heterocycles. The number of hydrogen-bond donors (Lipinski definition) is 0. The number of carbonyl (C=O) groups excluding carboxylic acids is 2. The summed E-state index contributed by atoms with van der Waals surface area (Å²) in [5.41, 5.74) is 2.17. The monoisotopic (exact) mass is 435 g/mol. The summed E-state index contributed by atoms with van der Waals surface area (Å²) >= 11 is 0. The molecule has 0 unspecified atom stereocenters. The van der Waals surface area contributed by atoms with Gasteiger partial charge in [0.15, 0.2) is 0 Å². The highest BCUT2D eigenvalue weighted by atomic mass is 16.5. The molecule has 2 amide bonds. The Morgan fingerprint density at radius 3 is 2.06 bits per heavy atom. The van der Waals surface area contributed by atoms with Crippen LogP contribution in [-0.2, 0) is 9.59 Å². The van der Waals surface area contributed by atoms with Crippen LogP contribution in [0.15, 0.2) is 54.2 Å². The lowest BCUT2D eigenvalue weighted by Gasteiger charge is -2.34. The maximum Gasteiger partial charge on any atom is 0.282 e. The molecule has 0 aliphatic carbocycles. The Labute approximate surface area is 188 Å². The van der Waals surface area contributed by atoms with E-state index in [1.807, 2.05) is 29.2 Å². The van der Waals surface area contributed by atoms with Crippen molar-refractivity contribution in [2.75, 3.05) is 51.8 Å². The first-order valence-corrected chi connectivity index (χ1v) is 11.0. The summed E-state index contributed by atoms with van der Waals surface area (Å²) in [4.78, 5) is 32.7. The van der Waals surface area contributed by atoms with E-state index in [0.29, 0.717) is 42.4 Å². The van der Waals surface area contributed by atoms with E-state index < -0.39 is 0 Å². The van der Waals surface area contributed by atoms with Crippen molar-refractivity contribution in [1.29, 1.82) is 0 Å². The van der Waals surface area contributed by atoms with E-state index in [4.69, 9.17) is 9.47 Å². The van der Waals surface area contributed by atoms with Crippen molar-refractivity contribution in [2.24, 2.45) is 0 Å². The molecule has 168 valence electrons. The van der Waals surface area contributed by atoms with E-state index in [1.54, 1.807) is 31.4 Å². The quantitative estimate of drug-likeness (QED) is 0.623. The number of carbonyl (C=O) groups is 2. The molecular formula is C25H29N3O4. The number of nitrogens with zero attached hydrogens (tertiary/aromatic N) is 3. The molecule has 0 spiro atoms. The van der Waals surface area contributed by atoms with Gasteiger partial charge in [0, 0.05) is 26.2 Å². The van der Waals surface area contributed by atoms with E-state index in [1.165, 1.54) is 4.90 Å². The normalized spacial score (nSPS) is 17.3. The van der Waals surface area contributed by atoms with Crippen LogP contribution in [0.2, 0.25) is 0 Å². The van der Waals surface area contributed by atoms with Gasteiger partial charge in [0.05, 0.1) is 25.0 Å². The largest absolute Gasteiger partial charge is 0.497 e. The second kappa shape index (κ2) is 9.44. The summed E-state index contributed by atoms with van der Waals surface area (Å²) in [6.07, 6.45) is 0.921. The van der Waals surface area contributed by atoms with Crippen molar-refractivity contribution in [3.8, 4) is 11.5 Å². The first-order chi connectivity index (χ1) is 15.5. The van der Waals surface area contributed by atoms with E-state index >= 15 is 0 Å². The average molecular weight is 436 g/mol. The maximum absolute atomic E-state index is 13.6. The molecule has 2 aliphatic heterocycles. The summed E-state index contributed by atoms with van der Waals surface area (Å²) in [5, 5.41) is 0. The van der Waals surface area contributed by atoms with Crippen LogP contribution >= 0.6 is 0 Å². The van der Waals surface area contributed by atoms with Crippen LogP contribution in [0.5, 0.6) is 11.5 Å². The van der Waals surface area contributed by atoms with Gasteiger partial charge in [0.2, 0.25) is 0 Å². The van der Waals surface area contributed by atoms with Crippen LogP contribution in [0, 0.1) is 0 Å². The van der Waals surface area contributed by atoms with Gasteiger partial charge in [0.25, 0.3) is 11.8 Å². The first kappa shape index (κ1) is 21.9. The zero-order chi connectivity index (χ0) is 22.7. The van der Waals surface area contributed by atoms with Crippen molar-refractivity contribution >= 4 is 23.1 Å². The van der Waals surface area contributed by atoms with Gasteiger partial charge in [-0.1, -0.05) is 19.1 Å². The minimum Gasteiger partial charge on any atom is -0.497 e. The van der Waals surface area contributed by atoms with Gasteiger partial charge >= 0.3 is 0 Å². The Bertz CT molecular complexity index is 1010. The van der Waals surface area contributed by atoms with Crippen LogP contribution in [0.25, 0.3) is 5.57 Å². The summed E-state index contributed by atoms with van der Waals surface area (Å²) in [7, 11) is 3.65. The van der Waals surface area contributed by atoms with Crippen molar-refractivity contribution in [2.45, 2.75) is 13.3 Å². The van der Waals surface area contributed by atoms with Gasteiger partial charge in [-0.15, -0.1) is 0 Å². The van der Waals surface area contributed by atoms with E-state index in [9.17, 15) is 9.59 Å². The lowest BCUT2D eigenvalue weighted by molar-refractivity contribution is -0.120. The molecule has 32 heavy (non-hydrogen) atoms. The third-order valence-corrected chi connectivity index (χ3v) is 5.83. The first-order valence-electron chi connectivity index (χ1n) is 11.0. The molecule has 0 bridgehead atoms. The molecule has 1 fully saturated rings. The fourth-order valence-electron chi connectivity index (χ4n) is 4.01. The summed E-state index contributed by atoms with van der Waals surface area (Å²) < 4.78 is 10.9. The Morgan fingerprint density at radius 1 is 0.844 bits per heavy atom. The Morgan fingerprint density at radius 2 is 1.47 bits per heavy atom. The lowest BCUT2D eigenvalue weighted by Crippen LogP contribution is -2.46. The molecule has 1 saturated heterocycles. The number of benzene rings is 2. The highest BCUT2D eigenvalue weighted by Gasteiger charge is 2.42. The Kier molecular flexibility index (Phi) is 6.46. The van der Waals surface area contributed by atoms with Crippen LogP contribution in [-0.4, -0.2) is 68.6 Å². The summed E-state index contributed by atoms with van der Waals surface area (Å²) in [6, 6.07) is 14.4. The summed E-state index contributed by atoms with van der Waals surface area (Å²) in [5.74, 6) is 0.825. The van der Waals surface area contributed by atoms with E-state index in [-0.39, 0.29) is 11.8 Å². The van der Waals surface area contributed by atoms with E-state index in [0.717, 1.165) is 30.8 Å². The fourth-order valence-corrected chi connectivity index (χ4v) is 4.01. The molecule has 2 aromatic rings. The fraction of sp³-hybridized carbons (Fsp3) is 0.360. The Balaban J connectivity index is 1.72. The third kappa shape index (κ3) is 4.21. The highest BCUT2D eigenvalue weighted by molar-refractivity contribution is 6.45. The predicted molar refractivity (Wildman–Crippen MR) is 124 cm³/mol. The van der Waals surface area contributed by atoms with Crippen LogP contribution < -0.4 is 14.4 Å². The van der Waals surface area contributed by atoms with Crippen molar-refractivity contribution in [3.63, 3.8) is 0 Å². The molecule has 4 rings (SSSR count). The van der Waals surface area contributed by atoms with Gasteiger partial charge in [-0.2, -0.15) is 0 Å². The van der Waals surface area contributed by atoms with Gasteiger partial charge in [0.1, 0.15) is 17.2 Å². The number of imide groups is 1. The highest BCUT2D eigenvalue weighted by Crippen LogP contribution is 2.36. The predicted octanol–water partition coefficient (Wildman–Crippen LogP) is 3.02. The number of ether oxygens (including phenoxy) is 2. The minimum absolute atomic E-state index is 0.286. The maximum atomic E-state index is 13.6. The lowest BCUT2D eigenvalue weighted by atomic mass is 10.0. The smallest absolute Gasteiger partial charge is 0.282 e. The van der Waals surface area contributed by atoms with Crippen molar-refractivity contribution in [3.05, 3.63) is 59.8 Å². The second-order valence-corrected chi connectivity index (χ2v) is 8.03. The van der Waals surface area contributed by atoms with Crippen LogP contribution in [0.1, 0.15) is 18.9 Å². The van der Waals surface area contributed by atoms with Gasteiger partial charge in [-0.25, -0.2) is 4.90 Å². The molecule has 0 saturated carbocycles. The molecule has 7 nitrogen and oxygen atoms in total. The molecule has 2 aliphatic rings. The van der Waals surface area contributed by atoms with Crippen LogP contribution in [0.4, 0.5) is 5.69 Å². The Hall–Kier alpha value is -3.32. The van der Waals surface area contributed by atoms with Gasteiger partial charge in [-0.3, -0.25) is 9.59 Å². The van der Waals surface area contributed by atoms with E-state index in [2.05, 4.69) is 18.9 Å². The zero-order valence-electron chi connectivity index (χ0n) is 18.8. The molecule has 2 aromatic carbocycles. The molecule has 7 heteroatoms. The summed E-state index contributed by atoms with van der Waals surface area (Å²) in [6.45, 7) is 5.76. The molecule has 0 atom stereocenters. The number of amides is 2. The number of rotatable bonds is 7. The third-order valence-electron chi connectivity index (χ3n) is 5.83. The molecule has 0 radical (unpaired) electrons. The topological polar surface area (TPSA) is 62.3 Å². The van der Waals surface area contributed by atoms with Crippen molar-refractivity contribution in [1.82, 2.24) is 9.80 Å². The second-order valence-electron chi connectivity index (χ2n) is 8.03. The molecule has 0 aromatic heterocycles. The average Bonchev–Trinajstić information content (AvgIpc) is 3.08. The zero-order valence-corrected chi connectivity index (χ0v) is 18.8. The molecular weight excluding hydrogens is 406 g/mol. The molecule has 0 N–H and O–H groups in total. The number of likely N-dealkylation sites (N-methyl/N-ethyl adjacent to an activating group) is 1. The van der Waals surface area contributed by atoms with Gasteiger partial charge < -0.3 is 19.3 Å². The number of hydrogen-bond acceptors (Lipinski definition) is 6. The standard InChI is InChI=1S/C25H29N3O4/c1-4-17-32-21-9-5-18(6-10-21)22-23(27-15-13-26(2)14-16-27)25(30)28(24(22)29)19-7-11-20(31-3)12-8-19/h5-12H,4,13-17H2,1-3H3. The van der Waals surface area contributed by atoms with Gasteiger partial charge in [-0.05, 0) is 55.4 Å². The number of anilines is 1.